The number of nitrogens with zero attached hydrogens (tertiary/aromatic N) is 2. The van der Waals surface area contributed by atoms with Gasteiger partial charge in [0, 0.05) is 30.6 Å². The van der Waals surface area contributed by atoms with Crippen molar-refractivity contribution in [1.82, 2.24) is 9.88 Å². The van der Waals surface area contributed by atoms with Crippen molar-refractivity contribution in [1.29, 1.82) is 0 Å². The van der Waals surface area contributed by atoms with Crippen molar-refractivity contribution in [2.24, 2.45) is 0 Å². The van der Waals surface area contributed by atoms with Crippen LogP contribution in [0.15, 0.2) is 71.6 Å². The second-order valence-electron chi connectivity index (χ2n) is 5.41. The van der Waals surface area contributed by atoms with Crippen LogP contribution < -0.4 is 4.74 Å². The summed E-state index contributed by atoms with van der Waals surface area (Å²) >= 11 is 0. The predicted octanol–water partition coefficient (Wildman–Crippen LogP) is 3.53. The summed E-state index contributed by atoms with van der Waals surface area (Å²) < 4.78 is 11.0. The predicted molar refractivity (Wildman–Crippen MR) is 89.5 cm³/mol. The molecule has 0 bridgehead atoms. The number of furan rings is 1. The van der Waals surface area contributed by atoms with Crippen LogP contribution in [0.2, 0.25) is 0 Å². The molecule has 3 aromatic rings. The lowest BCUT2D eigenvalue weighted by molar-refractivity contribution is 0.0775. The Bertz CT molecular complexity index is 768. The van der Waals surface area contributed by atoms with Crippen molar-refractivity contribution >= 4 is 5.91 Å². The molecule has 0 aliphatic heterocycles. The maximum Gasteiger partial charge on any atom is 0.254 e. The SMILES string of the molecule is CN(Cc1ccco1)C(=O)c1ccc(OCc2cccnc2)cc1. The van der Waals surface area contributed by atoms with E-state index in [9.17, 15) is 4.79 Å². The lowest BCUT2D eigenvalue weighted by Gasteiger charge is -2.16. The number of amides is 1. The second-order valence-corrected chi connectivity index (χ2v) is 5.41. The van der Waals surface area contributed by atoms with E-state index in [0.717, 1.165) is 11.3 Å². The van der Waals surface area contributed by atoms with Crippen molar-refractivity contribution < 1.29 is 13.9 Å². The van der Waals surface area contributed by atoms with Crippen molar-refractivity contribution in [3.63, 3.8) is 0 Å². The zero-order valence-electron chi connectivity index (χ0n) is 13.4. The van der Waals surface area contributed by atoms with Crippen LogP contribution in [-0.4, -0.2) is 22.8 Å². The molecule has 0 aliphatic rings. The monoisotopic (exact) mass is 322 g/mol. The summed E-state index contributed by atoms with van der Waals surface area (Å²) in [6.07, 6.45) is 5.09. The van der Waals surface area contributed by atoms with Crippen LogP contribution in [0.25, 0.3) is 0 Å². The van der Waals surface area contributed by atoms with Crippen LogP contribution >= 0.6 is 0 Å². The second kappa shape index (κ2) is 7.46. The van der Waals surface area contributed by atoms with Gasteiger partial charge in [-0.1, -0.05) is 6.07 Å². The van der Waals surface area contributed by atoms with Crippen LogP contribution in [0.3, 0.4) is 0 Å². The van der Waals surface area contributed by atoms with Crippen molar-refractivity contribution in [2.75, 3.05) is 7.05 Å². The average Bonchev–Trinajstić information content (AvgIpc) is 3.13. The molecular weight excluding hydrogens is 304 g/mol. The van der Waals surface area contributed by atoms with E-state index in [0.29, 0.717) is 24.5 Å². The number of aromatic nitrogens is 1. The lowest BCUT2D eigenvalue weighted by atomic mass is 10.2. The quantitative estimate of drug-likeness (QED) is 0.697. The van der Waals surface area contributed by atoms with Gasteiger partial charge < -0.3 is 14.1 Å². The molecule has 1 aromatic carbocycles. The van der Waals surface area contributed by atoms with Gasteiger partial charge in [0.15, 0.2) is 0 Å². The maximum atomic E-state index is 12.4. The van der Waals surface area contributed by atoms with Gasteiger partial charge in [-0.15, -0.1) is 0 Å². The highest BCUT2D eigenvalue weighted by Gasteiger charge is 2.13. The van der Waals surface area contributed by atoms with Crippen molar-refractivity contribution in [2.45, 2.75) is 13.2 Å². The van der Waals surface area contributed by atoms with Gasteiger partial charge in [0.25, 0.3) is 5.91 Å². The Kier molecular flexibility index (Phi) is 4.91. The standard InChI is InChI=1S/C19H18N2O3/c1-21(13-18-5-3-11-23-18)19(22)16-6-8-17(9-7-16)24-14-15-4-2-10-20-12-15/h2-12H,13-14H2,1H3. The molecule has 0 radical (unpaired) electrons. The summed E-state index contributed by atoms with van der Waals surface area (Å²) in [5, 5.41) is 0. The Morgan fingerprint density at radius 3 is 2.67 bits per heavy atom. The van der Waals surface area contributed by atoms with Gasteiger partial charge in [0.1, 0.15) is 18.1 Å². The minimum atomic E-state index is -0.0646. The first-order chi connectivity index (χ1) is 11.7. The van der Waals surface area contributed by atoms with E-state index in [-0.39, 0.29) is 5.91 Å². The molecule has 3 rings (SSSR count). The summed E-state index contributed by atoms with van der Waals surface area (Å²) in [6.45, 7) is 0.880. The van der Waals surface area contributed by atoms with Gasteiger partial charge in [0.05, 0.1) is 12.8 Å². The summed E-state index contributed by atoms with van der Waals surface area (Å²) in [4.78, 5) is 18.1. The van der Waals surface area contributed by atoms with E-state index in [4.69, 9.17) is 9.15 Å². The zero-order chi connectivity index (χ0) is 16.8. The number of rotatable bonds is 6. The van der Waals surface area contributed by atoms with Crippen molar-refractivity contribution in [3.8, 4) is 5.75 Å². The van der Waals surface area contributed by atoms with Crippen LogP contribution in [-0.2, 0) is 13.2 Å². The van der Waals surface area contributed by atoms with E-state index in [1.807, 2.05) is 24.3 Å². The summed E-state index contributed by atoms with van der Waals surface area (Å²) in [5.41, 5.74) is 1.61. The number of carbonyl (C=O) groups excluding carboxylic acids is 1. The maximum absolute atomic E-state index is 12.4. The van der Waals surface area contributed by atoms with E-state index >= 15 is 0 Å². The minimum Gasteiger partial charge on any atom is -0.489 e. The van der Waals surface area contributed by atoms with E-state index < -0.39 is 0 Å². The highest BCUT2D eigenvalue weighted by atomic mass is 16.5. The number of ether oxygens (including phenoxy) is 1. The van der Waals surface area contributed by atoms with Gasteiger partial charge in [-0.25, -0.2) is 0 Å². The topological polar surface area (TPSA) is 55.6 Å². The number of carbonyl (C=O) groups is 1. The smallest absolute Gasteiger partial charge is 0.254 e. The van der Waals surface area contributed by atoms with Gasteiger partial charge in [-0.05, 0) is 42.5 Å². The third-order valence-electron chi connectivity index (χ3n) is 3.55. The molecule has 24 heavy (non-hydrogen) atoms. The highest BCUT2D eigenvalue weighted by Crippen LogP contribution is 2.16. The Morgan fingerprint density at radius 2 is 2.00 bits per heavy atom. The van der Waals surface area contributed by atoms with E-state index in [1.54, 1.807) is 54.9 Å². The fraction of sp³-hybridized carbons (Fsp3) is 0.158. The normalized spacial score (nSPS) is 10.4. The fourth-order valence-electron chi connectivity index (χ4n) is 2.27. The molecule has 5 heteroatoms. The molecule has 0 aliphatic carbocycles. The lowest BCUT2D eigenvalue weighted by Crippen LogP contribution is -2.25. The van der Waals surface area contributed by atoms with Gasteiger partial charge >= 0.3 is 0 Å². The molecular formula is C19H18N2O3. The largest absolute Gasteiger partial charge is 0.489 e. The molecule has 0 unspecified atom stereocenters. The summed E-state index contributed by atoms with van der Waals surface area (Å²) in [6, 6.07) is 14.6. The molecule has 122 valence electrons. The molecule has 0 fully saturated rings. The van der Waals surface area contributed by atoms with Gasteiger partial charge in [-0.2, -0.15) is 0 Å². The first-order valence-corrected chi connectivity index (χ1v) is 7.62. The molecule has 1 amide bonds. The Morgan fingerprint density at radius 1 is 1.17 bits per heavy atom. The number of hydrogen-bond acceptors (Lipinski definition) is 4. The molecule has 0 saturated heterocycles. The molecule has 2 heterocycles. The molecule has 2 aromatic heterocycles. The number of benzene rings is 1. The zero-order valence-corrected chi connectivity index (χ0v) is 13.4. The Labute approximate surface area is 140 Å². The first-order valence-electron chi connectivity index (χ1n) is 7.62. The third kappa shape index (κ3) is 4.01. The van der Waals surface area contributed by atoms with Crippen molar-refractivity contribution in [3.05, 3.63) is 84.1 Å². The molecule has 0 spiro atoms. The minimum absolute atomic E-state index is 0.0646. The van der Waals surface area contributed by atoms with E-state index in [1.165, 1.54) is 0 Å². The Hall–Kier alpha value is -3.08. The molecule has 0 N–H and O–H groups in total. The molecule has 5 nitrogen and oxygen atoms in total. The Balaban J connectivity index is 1.58. The van der Waals surface area contributed by atoms with Crippen LogP contribution in [0.4, 0.5) is 0 Å². The van der Waals surface area contributed by atoms with Crippen LogP contribution in [0, 0.1) is 0 Å². The number of hydrogen-bond donors (Lipinski definition) is 0. The first kappa shape index (κ1) is 15.8. The number of pyridine rings is 1. The summed E-state index contributed by atoms with van der Waals surface area (Å²) in [5.74, 6) is 1.40. The highest BCUT2D eigenvalue weighted by molar-refractivity contribution is 5.94. The summed E-state index contributed by atoms with van der Waals surface area (Å²) in [7, 11) is 1.75. The van der Waals surface area contributed by atoms with Gasteiger partial charge in [-0.3, -0.25) is 9.78 Å². The van der Waals surface area contributed by atoms with Gasteiger partial charge in [0.2, 0.25) is 0 Å². The molecule has 0 saturated carbocycles. The van der Waals surface area contributed by atoms with Crippen LogP contribution in [0.1, 0.15) is 21.7 Å². The third-order valence-corrected chi connectivity index (χ3v) is 3.55. The van der Waals surface area contributed by atoms with E-state index in [2.05, 4.69) is 4.98 Å². The fourth-order valence-corrected chi connectivity index (χ4v) is 2.27. The molecule has 0 atom stereocenters. The van der Waals surface area contributed by atoms with Crippen LogP contribution in [0.5, 0.6) is 5.75 Å². The average molecular weight is 322 g/mol.